The predicted molar refractivity (Wildman–Crippen MR) is 368 cm³/mol. The van der Waals surface area contributed by atoms with Crippen LogP contribution in [0.5, 0.6) is 0 Å². The predicted octanol–water partition coefficient (Wildman–Crippen LogP) is -16.6. The third-order valence-electron chi connectivity index (χ3n) is 21.5. The van der Waals surface area contributed by atoms with Gasteiger partial charge in [-0.2, -0.15) is 0 Å². The molecule has 3 amide bonds. The molecular weight excluding hydrogens is 1550 g/mol. The van der Waals surface area contributed by atoms with Crippen molar-refractivity contribution < 1.29 is 207 Å². The number of aliphatic hydroxyl groups is 21. The molecule has 0 saturated carbocycles. The molecule has 45 atom stereocenters. The first kappa shape index (κ1) is 97.8. The van der Waals surface area contributed by atoms with Crippen molar-refractivity contribution in [2.24, 2.45) is 35.0 Å². The van der Waals surface area contributed by atoms with Gasteiger partial charge in [0.15, 0.2) is 56.6 Å². The summed E-state index contributed by atoms with van der Waals surface area (Å²) in [6.45, 7) is 3.03. The second-order valence-electron chi connectivity index (χ2n) is 29.2. The number of ether oxygens (including phenoxy) is 18. The van der Waals surface area contributed by atoms with Crippen molar-refractivity contribution in [3.63, 3.8) is 0 Å². The molecule has 30 N–H and O–H groups in total. The Labute approximate surface area is 653 Å². The summed E-state index contributed by atoms with van der Waals surface area (Å²) in [5.41, 5.74) is 18.1. The van der Waals surface area contributed by atoms with Crippen molar-refractivity contribution >= 4 is 17.7 Å². The molecule has 18 unspecified atom stereocenters. The largest absolute Gasteiger partial charge is 0.394 e. The molecule has 114 heavy (non-hydrogen) atoms. The highest BCUT2D eigenvalue weighted by molar-refractivity contribution is 5.74. The Morgan fingerprint density at radius 1 is 0.263 bits per heavy atom. The van der Waals surface area contributed by atoms with Crippen LogP contribution < -0.4 is 33.2 Å². The summed E-state index contributed by atoms with van der Waals surface area (Å²) in [7, 11) is 3.83. The van der Waals surface area contributed by atoms with Gasteiger partial charge in [-0.3, -0.25) is 14.4 Å². The van der Waals surface area contributed by atoms with Gasteiger partial charge in [-0.1, -0.05) is 20.8 Å². The lowest BCUT2D eigenvalue weighted by Gasteiger charge is -2.50. The van der Waals surface area contributed by atoms with Crippen LogP contribution in [0.4, 0.5) is 0 Å². The molecule has 0 aliphatic carbocycles. The number of nitrogens with one attached hydrogen (secondary N) is 3. The number of hydrogen-bond donors (Lipinski definition) is 27. The summed E-state index contributed by atoms with van der Waals surface area (Å²) in [5, 5.41) is 223. The summed E-state index contributed by atoms with van der Waals surface area (Å²) >= 11 is 0. The zero-order valence-electron chi connectivity index (χ0n) is 64.0. The Hall–Kier alpha value is -3.27. The van der Waals surface area contributed by atoms with Crippen LogP contribution in [0.15, 0.2) is 0 Å². The van der Waals surface area contributed by atoms with Gasteiger partial charge in [0.2, 0.25) is 17.7 Å². The van der Waals surface area contributed by atoms with Gasteiger partial charge in [0.05, 0.1) is 114 Å². The van der Waals surface area contributed by atoms with E-state index in [0.29, 0.717) is 0 Å². The number of hydrogen-bond acceptors (Lipinski definition) is 45. The molecule has 9 aliphatic rings. The number of aliphatic hydroxyl groups excluding tert-OH is 21. The molecule has 9 fully saturated rings. The van der Waals surface area contributed by atoms with E-state index >= 15 is 0 Å². The second-order valence-corrected chi connectivity index (χ2v) is 29.2. The second kappa shape index (κ2) is 44.5. The van der Waals surface area contributed by atoms with Crippen molar-refractivity contribution in [1.82, 2.24) is 16.0 Å². The van der Waals surface area contributed by atoms with E-state index in [4.69, 9.17) is 102 Å². The molecule has 48 nitrogen and oxygen atoms in total. The highest BCUT2D eigenvalue weighted by Crippen LogP contribution is 2.39. The fourth-order valence-corrected chi connectivity index (χ4v) is 14.7. The zero-order chi connectivity index (χ0) is 84.9. The first-order valence-electron chi connectivity index (χ1n) is 37.1. The standard InChI is InChI=1S/C26H45N3O15.C20H39N3O12.C20H36O15/c1-9-13(6-30)40-25(16(19(9)36)27-10(2)33)43-23-15(8-32)42-26(18(21(23)38)29-12(4)35)44-22-14(7-31)41-24(39-5)17(20(22)37)28-11(3)34;1-6-7(3-24)31-19(10(21)13(6)27)34-17-9(5-26)33-20(12(23)15(17)29)35-16-8(4-25)32-18(30-2)11(22)14(16)28;1-6-7(3-21)31-19(13(27)10(6)24)34-17-9(5-23)33-20(15(29)12(17)26)35-16-8(4-22)32-18(30-2)14(28)11(16)25/h9,13-26,30-32,36-38H,6-8H2,1-5H3,(H,27,33)(H,28,34)(H,29,35);6-20,24-29H,3-5,21-23H2,1-2H3;6-29H,3-5H2,1-2H3/t9-,13+,14+,15?,16?,17?,18+,19?,20?,21?,22-,23-,24-,25+,26+;6-,7+,8+,9?,10?,11?,12+,13?,14?,15?,16-,17-,18-,19+,20+;6-,7+,8+,9?,10?,11?,12?,13?,14?,15+,16-,17-,18-,19+,20+/m111/s1. The van der Waals surface area contributed by atoms with Crippen molar-refractivity contribution in [1.29, 1.82) is 0 Å². The first-order chi connectivity index (χ1) is 53.9. The number of carbonyl (C=O) groups excluding carboxylic acids is 3. The molecule has 9 aliphatic heterocycles. The monoisotopic (exact) mass is 1670 g/mol. The molecule has 666 valence electrons. The number of carbonyl (C=O) groups is 3. The van der Waals surface area contributed by atoms with Gasteiger partial charge in [-0.25, -0.2) is 0 Å². The van der Waals surface area contributed by atoms with Crippen LogP contribution in [0.25, 0.3) is 0 Å². The highest BCUT2D eigenvalue weighted by Gasteiger charge is 2.59. The lowest BCUT2D eigenvalue weighted by atomic mass is 9.89. The van der Waals surface area contributed by atoms with Gasteiger partial charge in [-0.15, -0.1) is 0 Å². The molecule has 9 rings (SSSR count). The molecule has 0 aromatic heterocycles. The lowest BCUT2D eigenvalue weighted by Crippen LogP contribution is -2.70. The van der Waals surface area contributed by atoms with E-state index in [1.807, 2.05) is 0 Å². The fourth-order valence-electron chi connectivity index (χ4n) is 14.7. The minimum Gasteiger partial charge on any atom is -0.394 e. The van der Waals surface area contributed by atoms with Crippen LogP contribution in [0.3, 0.4) is 0 Å². The van der Waals surface area contributed by atoms with Crippen LogP contribution in [0, 0.1) is 17.8 Å². The van der Waals surface area contributed by atoms with Gasteiger partial charge in [-0.05, 0) is 0 Å². The minimum absolute atomic E-state index is 0.392. The lowest BCUT2D eigenvalue weighted by molar-refractivity contribution is -0.377. The Bertz CT molecular complexity index is 2760. The number of rotatable bonds is 27. The summed E-state index contributed by atoms with van der Waals surface area (Å²) in [6.07, 6.45) is -48.4. The number of amides is 3. The van der Waals surface area contributed by atoms with Gasteiger partial charge < -0.3 is 226 Å². The third kappa shape index (κ3) is 22.5. The molecule has 0 spiro atoms. The minimum atomic E-state index is -1.83. The smallest absolute Gasteiger partial charge is 0.217 e. The molecular formula is C66H120N6O42. The van der Waals surface area contributed by atoms with Gasteiger partial charge >= 0.3 is 0 Å². The van der Waals surface area contributed by atoms with Crippen LogP contribution in [0.1, 0.15) is 41.5 Å². The van der Waals surface area contributed by atoms with Gasteiger partial charge in [0.1, 0.15) is 146 Å². The zero-order valence-corrected chi connectivity index (χ0v) is 64.0. The van der Waals surface area contributed by atoms with E-state index in [2.05, 4.69) is 16.0 Å². The van der Waals surface area contributed by atoms with E-state index in [1.165, 1.54) is 35.2 Å². The van der Waals surface area contributed by atoms with Crippen LogP contribution in [0.2, 0.25) is 0 Å². The Morgan fingerprint density at radius 3 is 0.851 bits per heavy atom. The van der Waals surface area contributed by atoms with Crippen LogP contribution >= 0.6 is 0 Å². The van der Waals surface area contributed by atoms with Crippen molar-refractivity contribution in [3.05, 3.63) is 0 Å². The normalized spacial score (nSPS) is 48.0. The molecule has 48 heteroatoms. The van der Waals surface area contributed by atoms with Gasteiger partial charge in [0.25, 0.3) is 0 Å². The first-order valence-corrected chi connectivity index (χ1v) is 37.1. The average Bonchev–Trinajstić information content (AvgIpc) is 0.770. The summed E-state index contributed by atoms with van der Waals surface area (Å²) in [5.74, 6) is -3.39. The quantitative estimate of drug-likeness (QED) is 0.0363. The third-order valence-corrected chi connectivity index (χ3v) is 21.5. The van der Waals surface area contributed by atoms with Crippen molar-refractivity contribution in [3.8, 4) is 0 Å². The van der Waals surface area contributed by atoms with Crippen molar-refractivity contribution in [2.75, 3.05) is 80.8 Å². The molecule has 0 aromatic rings. The topological polar surface area (TPSA) is 756 Å². The molecule has 0 aromatic carbocycles. The maximum absolute atomic E-state index is 12.2. The Balaban J connectivity index is 0.000000239. The van der Waals surface area contributed by atoms with Crippen LogP contribution in [-0.2, 0) is 99.6 Å². The molecule has 0 bridgehead atoms. The summed E-state index contributed by atoms with van der Waals surface area (Å²) in [6, 6.07) is -6.98. The van der Waals surface area contributed by atoms with E-state index in [1.54, 1.807) is 20.8 Å². The van der Waals surface area contributed by atoms with Crippen molar-refractivity contribution in [2.45, 2.75) is 299 Å². The van der Waals surface area contributed by atoms with Crippen LogP contribution in [-0.4, -0.2) is 463 Å². The summed E-state index contributed by atoms with van der Waals surface area (Å²) in [4.78, 5) is 35.9. The SMILES string of the molecule is CO[C@@H]1O[C@@H](CO)[C@@H](O[C@@H]2OC(CO)[C@@H](O[C@@H]3O[C@@H](CO)[C@@H](C)C(O)C3N)C(O)[C@@H]2N)C(O)C1N.CO[C@@H]1O[C@@H](CO)[C@@H](O[C@@H]2OC(CO)[C@@H](O[C@@H]3O[C@@H](CO)[C@@H](C)C(O)C3NC(C)=O)C(O)[C@@H]2NC(C)=O)C(O)C1NC(C)=O.CO[C@@H]1O[C@@H](CO)[C@@H](O[C@@H]2OC(CO)[C@@H](O[C@@H]3O[C@@H](CO)[C@@H](C)C(O)C3O)C(O)[C@@H]2O)C(O)C1O. The molecule has 9 saturated heterocycles. The van der Waals surface area contributed by atoms with E-state index < -0.39 is 353 Å². The van der Waals surface area contributed by atoms with Gasteiger partial charge in [0, 0.05) is 59.9 Å². The highest BCUT2D eigenvalue weighted by atomic mass is 16.8. The molecule has 0 radical (unpaired) electrons. The van der Waals surface area contributed by atoms with E-state index in [9.17, 15) is 122 Å². The van der Waals surface area contributed by atoms with E-state index in [-0.39, 0.29) is 0 Å². The maximum atomic E-state index is 12.2. The Kier molecular flexibility index (Phi) is 38.2. The fraction of sp³-hybridized carbons (Fsp3) is 0.955. The molecule has 9 heterocycles. The number of methoxy groups -OCH3 is 3. The average molecular weight is 1670 g/mol. The summed E-state index contributed by atoms with van der Waals surface area (Å²) < 4.78 is 100. The van der Waals surface area contributed by atoms with E-state index in [0.717, 1.165) is 6.92 Å². The number of nitrogens with two attached hydrogens (primary N) is 3. The Morgan fingerprint density at radius 2 is 0.482 bits per heavy atom. The maximum Gasteiger partial charge on any atom is 0.217 e.